The zero-order valence-corrected chi connectivity index (χ0v) is 12.1. The molecule has 0 aromatic heterocycles. The number of hydrogen-bond donors (Lipinski definition) is 1. The Labute approximate surface area is 107 Å². The molecule has 1 unspecified atom stereocenters. The molecular formula is C13H31N3O. The zero-order chi connectivity index (χ0) is 13.1. The van der Waals surface area contributed by atoms with Crippen LogP contribution >= 0.6 is 0 Å². The highest BCUT2D eigenvalue weighted by Gasteiger charge is 2.09. The van der Waals surface area contributed by atoms with Gasteiger partial charge in [0.25, 0.3) is 0 Å². The monoisotopic (exact) mass is 245 g/mol. The summed E-state index contributed by atoms with van der Waals surface area (Å²) in [6, 6.07) is 0.133. The maximum Gasteiger partial charge on any atom is 0.0626 e. The number of hydrogen-bond acceptors (Lipinski definition) is 4. The zero-order valence-electron chi connectivity index (χ0n) is 12.1. The summed E-state index contributed by atoms with van der Waals surface area (Å²) in [6.07, 6.45) is 1.22. The van der Waals surface area contributed by atoms with Gasteiger partial charge in [-0.2, -0.15) is 0 Å². The number of rotatable bonds is 11. The number of methoxy groups -OCH3 is 1. The van der Waals surface area contributed by atoms with Crippen LogP contribution in [-0.2, 0) is 4.74 Å². The fraction of sp³-hybridized carbons (Fsp3) is 1.00. The fourth-order valence-electron chi connectivity index (χ4n) is 2.03. The van der Waals surface area contributed by atoms with Crippen LogP contribution in [0.15, 0.2) is 0 Å². The Kier molecular flexibility index (Phi) is 10.9. The molecule has 4 nitrogen and oxygen atoms in total. The van der Waals surface area contributed by atoms with Gasteiger partial charge < -0.3 is 20.3 Å². The van der Waals surface area contributed by atoms with E-state index in [1.54, 1.807) is 7.11 Å². The first-order valence-electron chi connectivity index (χ1n) is 6.87. The molecule has 2 N–H and O–H groups in total. The lowest BCUT2D eigenvalue weighted by Crippen LogP contribution is -2.41. The summed E-state index contributed by atoms with van der Waals surface area (Å²) < 4.78 is 5.07. The van der Waals surface area contributed by atoms with Crippen molar-refractivity contribution in [3.05, 3.63) is 0 Å². The van der Waals surface area contributed by atoms with Crippen molar-refractivity contribution in [3.63, 3.8) is 0 Å². The average molecular weight is 245 g/mol. The molecule has 1 atom stereocenters. The first-order chi connectivity index (χ1) is 8.17. The normalized spacial score (nSPS) is 13.6. The van der Waals surface area contributed by atoms with Crippen molar-refractivity contribution in [3.8, 4) is 0 Å². The molecular weight excluding hydrogens is 214 g/mol. The topological polar surface area (TPSA) is 41.7 Å². The van der Waals surface area contributed by atoms with Crippen LogP contribution in [0.25, 0.3) is 0 Å². The highest BCUT2D eigenvalue weighted by molar-refractivity contribution is 4.67. The average Bonchev–Trinajstić information content (AvgIpc) is 2.33. The van der Waals surface area contributed by atoms with Crippen LogP contribution in [0.4, 0.5) is 0 Å². The predicted octanol–water partition coefficient (Wildman–Crippen LogP) is 1.01. The molecule has 4 heteroatoms. The van der Waals surface area contributed by atoms with E-state index in [1.807, 2.05) is 0 Å². The molecule has 0 bridgehead atoms. The second-order valence-corrected chi connectivity index (χ2v) is 4.49. The molecule has 0 heterocycles. The molecule has 17 heavy (non-hydrogen) atoms. The maximum atomic E-state index is 5.97. The van der Waals surface area contributed by atoms with Crippen LogP contribution in [0.3, 0.4) is 0 Å². The van der Waals surface area contributed by atoms with Gasteiger partial charge in [0.15, 0.2) is 0 Å². The maximum absolute atomic E-state index is 5.97. The highest BCUT2D eigenvalue weighted by atomic mass is 16.5. The van der Waals surface area contributed by atoms with E-state index in [1.165, 1.54) is 13.0 Å². The third kappa shape index (κ3) is 8.55. The summed E-state index contributed by atoms with van der Waals surface area (Å²) in [5, 5.41) is 0. The molecule has 0 aliphatic heterocycles. The summed E-state index contributed by atoms with van der Waals surface area (Å²) in [5.74, 6) is 0. The molecule has 104 valence electrons. The Hall–Kier alpha value is -0.160. The summed E-state index contributed by atoms with van der Waals surface area (Å²) >= 11 is 0. The first-order valence-corrected chi connectivity index (χ1v) is 6.87. The Morgan fingerprint density at radius 2 is 1.53 bits per heavy atom. The Morgan fingerprint density at radius 3 is 2.00 bits per heavy atom. The molecule has 0 saturated carbocycles. The van der Waals surface area contributed by atoms with Gasteiger partial charge in [0.2, 0.25) is 0 Å². The second-order valence-electron chi connectivity index (χ2n) is 4.49. The SMILES string of the molecule is CCN(CC)CCCN(CC)CC(N)COC. The lowest BCUT2D eigenvalue weighted by atomic mass is 10.2. The van der Waals surface area contributed by atoms with Crippen molar-refractivity contribution in [1.82, 2.24) is 9.80 Å². The van der Waals surface area contributed by atoms with E-state index in [0.717, 1.165) is 32.7 Å². The van der Waals surface area contributed by atoms with Crippen molar-refractivity contribution in [2.24, 2.45) is 5.73 Å². The predicted molar refractivity (Wildman–Crippen MR) is 74.4 cm³/mol. The van der Waals surface area contributed by atoms with Crippen molar-refractivity contribution in [2.45, 2.75) is 33.2 Å². The van der Waals surface area contributed by atoms with Crippen LogP contribution in [-0.4, -0.2) is 68.8 Å². The highest BCUT2D eigenvalue weighted by Crippen LogP contribution is 1.97. The first kappa shape index (κ1) is 16.8. The third-order valence-corrected chi connectivity index (χ3v) is 3.16. The van der Waals surface area contributed by atoms with Crippen LogP contribution in [0.5, 0.6) is 0 Å². The quantitative estimate of drug-likeness (QED) is 0.590. The van der Waals surface area contributed by atoms with Gasteiger partial charge in [-0.05, 0) is 39.1 Å². The molecule has 0 aromatic rings. The summed E-state index contributed by atoms with van der Waals surface area (Å²) in [7, 11) is 1.70. The number of likely N-dealkylation sites (N-methyl/N-ethyl adjacent to an activating group) is 1. The van der Waals surface area contributed by atoms with E-state index in [9.17, 15) is 0 Å². The van der Waals surface area contributed by atoms with E-state index in [-0.39, 0.29) is 6.04 Å². The summed E-state index contributed by atoms with van der Waals surface area (Å²) in [6.45, 7) is 13.9. The van der Waals surface area contributed by atoms with E-state index in [0.29, 0.717) is 6.61 Å². The fourth-order valence-corrected chi connectivity index (χ4v) is 2.03. The van der Waals surface area contributed by atoms with Crippen molar-refractivity contribution in [2.75, 3.05) is 53.0 Å². The molecule has 0 spiro atoms. The van der Waals surface area contributed by atoms with Crippen molar-refractivity contribution in [1.29, 1.82) is 0 Å². The van der Waals surface area contributed by atoms with E-state index >= 15 is 0 Å². The minimum Gasteiger partial charge on any atom is -0.383 e. The van der Waals surface area contributed by atoms with Crippen LogP contribution < -0.4 is 5.73 Å². The van der Waals surface area contributed by atoms with Crippen LogP contribution in [0, 0.1) is 0 Å². The van der Waals surface area contributed by atoms with E-state index < -0.39 is 0 Å². The number of nitrogens with two attached hydrogens (primary N) is 1. The Morgan fingerprint density at radius 1 is 1.00 bits per heavy atom. The van der Waals surface area contributed by atoms with E-state index in [2.05, 4.69) is 30.6 Å². The second kappa shape index (κ2) is 11.0. The molecule has 0 aliphatic rings. The third-order valence-electron chi connectivity index (χ3n) is 3.16. The molecule has 0 rings (SSSR count). The lowest BCUT2D eigenvalue weighted by molar-refractivity contribution is 0.152. The van der Waals surface area contributed by atoms with Crippen LogP contribution in [0.1, 0.15) is 27.2 Å². The summed E-state index contributed by atoms with van der Waals surface area (Å²) in [5.41, 5.74) is 5.97. The number of ether oxygens (including phenoxy) is 1. The Bertz CT molecular complexity index is 163. The van der Waals surface area contributed by atoms with Gasteiger partial charge in [-0.3, -0.25) is 0 Å². The lowest BCUT2D eigenvalue weighted by Gasteiger charge is -2.25. The summed E-state index contributed by atoms with van der Waals surface area (Å²) in [4.78, 5) is 4.87. The largest absolute Gasteiger partial charge is 0.383 e. The van der Waals surface area contributed by atoms with Crippen molar-refractivity contribution >= 4 is 0 Å². The standard InChI is InChI=1S/C13H31N3O/c1-5-15(6-2)9-8-10-16(7-3)11-13(14)12-17-4/h13H,5-12,14H2,1-4H3. The van der Waals surface area contributed by atoms with Crippen LogP contribution in [0.2, 0.25) is 0 Å². The molecule has 0 saturated heterocycles. The van der Waals surface area contributed by atoms with Gasteiger partial charge in [0, 0.05) is 19.7 Å². The van der Waals surface area contributed by atoms with Gasteiger partial charge >= 0.3 is 0 Å². The van der Waals surface area contributed by atoms with Gasteiger partial charge in [-0.15, -0.1) is 0 Å². The van der Waals surface area contributed by atoms with Gasteiger partial charge in [0.1, 0.15) is 0 Å². The van der Waals surface area contributed by atoms with E-state index in [4.69, 9.17) is 10.5 Å². The molecule has 0 aromatic carbocycles. The minimum atomic E-state index is 0.133. The molecule has 0 fully saturated rings. The minimum absolute atomic E-state index is 0.133. The molecule has 0 aliphatic carbocycles. The van der Waals surface area contributed by atoms with Gasteiger partial charge in [0.05, 0.1) is 6.61 Å². The van der Waals surface area contributed by atoms with Gasteiger partial charge in [-0.25, -0.2) is 0 Å². The molecule has 0 amide bonds. The smallest absolute Gasteiger partial charge is 0.0626 e. The molecule has 0 radical (unpaired) electrons. The number of nitrogens with zero attached hydrogens (tertiary/aromatic N) is 2. The van der Waals surface area contributed by atoms with Crippen molar-refractivity contribution < 1.29 is 4.74 Å². The Balaban J connectivity index is 3.73. The van der Waals surface area contributed by atoms with Gasteiger partial charge in [-0.1, -0.05) is 20.8 Å².